The summed E-state index contributed by atoms with van der Waals surface area (Å²) in [5, 5.41) is 29.9. The first-order valence-corrected chi connectivity index (χ1v) is 6.74. The van der Waals surface area contributed by atoms with Crippen LogP contribution in [0.3, 0.4) is 0 Å². The van der Waals surface area contributed by atoms with E-state index < -0.39 is 6.10 Å². The lowest BCUT2D eigenvalue weighted by molar-refractivity contribution is 0.190. The second-order valence-corrected chi connectivity index (χ2v) is 5.08. The average Bonchev–Trinajstić information content (AvgIpc) is 2.46. The van der Waals surface area contributed by atoms with Gasteiger partial charge in [-0.15, -0.1) is 0 Å². The molecule has 3 aromatic rings. The van der Waals surface area contributed by atoms with Gasteiger partial charge >= 0.3 is 0 Å². The van der Waals surface area contributed by atoms with Gasteiger partial charge in [-0.3, -0.25) is 4.79 Å². The molecule has 0 bridgehead atoms. The van der Waals surface area contributed by atoms with Crippen LogP contribution in [0.25, 0.3) is 22.3 Å². The van der Waals surface area contributed by atoms with E-state index in [9.17, 15) is 20.1 Å². The molecule has 0 saturated carbocycles. The van der Waals surface area contributed by atoms with E-state index in [1.165, 1.54) is 25.1 Å². The van der Waals surface area contributed by atoms with Gasteiger partial charge in [0.1, 0.15) is 22.8 Å². The molecule has 0 spiro atoms. The Kier molecular flexibility index (Phi) is 3.35. The van der Waals surface area contributed by atoms with E-state index in [2.05, 4.69) is 0 Å². The van der Waals surface area contributed by atoms with Crippen LogP contribution in [-0.4, -0.2) is 15.3 Å². The number of hydrogen-bond acceptors (Lipinski definition) is 5. The number of aromatic hydroxyl groups is 2. The zero-order valence-electron chi connectivity index (χ0n) is 11.8. The van der Waals surface area contributed by atoms with E-state index in [0.29, 0.717) is 16.5 Å². The lowest BCUT2D eigenvalue weighted by Gasteiger charge is -2.12. The highest BCUT2D eigenvalue weighted by Gasteiger charge is 2.16. The van der Waals surface area contributed by atoms with Crippen molar-refractivity contribution in [3.8, 4) is 22.8 Å². The van der Waals surface area contributed by atoms with Gasteiger partial charge in [-0.2, -0.15) is 0 Å². The minimum absolute atomic E-state index is 0.0342. The number of para-hydroxylation sites is 1. The van der Waals surface area contributed by atoms with E-state index in [-0.39, 0.29) is 28.3 Å². The van der Waals surface area contributed by atoms with Gasteiger partial charge in [0, 0.05) is 11.6 Å². The van der Waals surface area contributed by atoms with Crippen molar-refractivity contribution in [2.45, 2.75) is 13.0 Å². The zero-order chi connectivity index (χ0) is 15.9. The van der Waals surface area contributed by atoms with Crippen LogP contribution in [-0.2, 0) is 0 Å². The van der Waals surface area contributed by atoms with Crippen molar-refractivity contribution >= 4 is 11.0 Å². The van der Waals surface area contributed by atoms with Gasteiger partial charge in [0.2, 0.25) is 0 Å². The van der Waals surface area contributed by atoms with Crippen LogP contribution in [0.15, 0.2) is 51.7 Å². The highest BCUT2D eigenvalue weighted by atomic mass is 16.3. The van der Waals surface area contributed by atoms with Crippen LogP contribution in [0.4, 0.5) is 0 Å². The summed E-state index contributed by atoms with van der Waals surface area (Å²) in [5.74, 6) is -0.298. The quantitative estimate of drug-likeness (QED) is 0.676. The number of aliphatic hydroxyl groups is 1. The van der Waals surface area contributed by atoms with Gasteiger partial charge in [0.25, 0.3) is 0 Å². The molecule has 0 aliphatic rings. The van der Waals surface area contributed by atoms with Crippen molar-refractivity contribution in [3.63, 3.8) is 0 Å². The van der Waals surface area contributed by atoms with Crippen molar-refractivity contribution in [2.75, 3.05) is 0 Å². The van der Waals surface area contributed by atoms with Crippen LogP contribution in [0.1, 0.15) is 18.6 Å². The van der Waals surface area contributed by atoms with Crippen LogP contribution in [0.5, 0.6) is 11.5 Å². The van der Waals surface area contributed by atoms with Crippen molar-refractivity contribution < 1.29 is 19.7 Å². The molecule has 3 rings (SSSR count). The van der Waals surface area contributed by atoms with E-state index in [1.807, 2.05) is 0 Å². The maximum Gasteiger partial charge on any atom is 0.193 e. The lowest BCUT2D eigenvalue weighted by Crippen LogP contribution is -2.00. The third-order valence-corrected chi connectivity index (χ3v) is 3.47. The smallest absolute Gasteiger partial charge is 0.193 e. The molecule has 0 aliphatic carbocycles. The van der Waals surface area contributed by atoms with Gasteiger partial charge < -0.3 is 19.7 Å². The van der Waals surface area contributed by atoms with Gasteiger partial charge in [-0.05, 0) is 31.2 Å². The molecule has 5 heteroatoms. The van der Waals surface area contributed by atoms with Crippen molar-refractivity contribution in [1.29, 1.82) is 0 Å². The number of fused-ring (bicyclic) bond motifs is 1. The van der Waals surface area contributed by atoms with E-state index in [1.54, 1.807) is 24.3 Å². The monoisotopic (exact) mass is 298 g/mol. The Morgan fingerprint density at radius 3 is 2.32 bits per heavy atom. The first kappa shape index (κ1) is 14.2. The topological polar surface area (TPSA) is 90.9 Å². The second kappa shape index (κ2) is 5.20. The second-order valence-electron chi connectivity index (χ2n) is 5.08. The molecule has 0 aliphatic heterocycles. The average molecular weight is 298 g/mol. The molecule has 0 amide bonds. The largest absolute Gasteiger partial charge is 0.507 e. The van der Waals surface area contributed by atoms with Gasteiger partial charge in [0.05, 0.1) is 17.1 Å². The molecule has 1 aromatic heterocycles. The fraction of sp³-hybridized carbons (Fsp3) is 0.118. The Balaban J connectivity index is 2.22. The molecule has 0 saturated heterocycles. The summed E-state index contributed by atoms with van der Waals surface area (Å²) in [6.45, 7) is 1.44. The molecule has 5 nitrogen and oxygen atoms in total. The van der Waals surface area contributed by atoms with E-state index in [4.69, 9.17) is 4.42 Å². The number of phenols is 2. The molecular formula is C17H14O5. The molecule has 1 atom stereocenters. The summed E-state index contributed by atoms with van der Waals surface area (Å²) in [5.41, 5.74) is 0.591. The number of benzene rings is 2. The Bertz CT molecular complexity index is 885. The predicted octanol–water partition coefficient (Wildman–Crippen LogP) is 2.92. The Morgan fingerprint density at radius 1 is 1.05 bits per heavy atom. The number of phenolic OH excluding ortho intramolecular Hbond substituents is 2. The minimum Gasteiger partial charge on any atom is -0.507 e. The van der Waals surface area contributed by atoms with Crippen molar-refractivity contribution in [2.24, 2.45) is 0 Å². The van der Waals surface area contributed by atoms with Crippen LogP contribution in [0.2, 0.25) is 0 Å². The first-order chi connectivity index (χ1) is 10.5. The highest BCUT2D eigenvalue weighted by molar-refractivity contribution is 5.79. The molecule has 112 valence electrons. The summed E-state index contributed by atoms with van der Waals surface area (Å²) in [7, 11) is 0. The number of rotatable bonds is 2. The summed E-state index contributed by atoms with van der Waals surface area (Å²) < 4.78 is 5.65. The first-order valence-electron chi connectivity index (χ1n) is 6.74. The number of aliphatic hydroxyl groups excluding tert-OH is 1. The molecule has 3 N–H and O–H groups in total. The summed E-state index contributed by atoms with van der Waals surface area (Å²) >= 11 is 0. The predicted molar refractivity (Wildman–Crippen MR) is 81.9 cm³/mol. The van der Waals surface area contributed by atoms with Gasteiger partial charge in [0.15, 0.2) is 5.43 Å². The Morgan fingerprint density at radius 2 is 1.68 bits per heavy atom. The standard InChI is InChI=1S/C17H14O5/c1-9(18)17-13(20)6-10(7-14(17)21)16-8-12(19)11-4-2-3-5-15(11)22-16/h2-9,18,20-21H,1H3. The molecule has 2 aromatic carbocycles. The molecule has 1 unspecified atom stereocenters. The molecular weight excluding hydrogens is 284 g/mol. The zero-order valence-corrected chi connectivity index (χ0v) is 11.8. The third-order valence-electron chi connectivity index (χ3n) is 3.47. The Labute approximate surface area is 125 Å². The van der Waals surface area contributed by atoms with Gasteiger partial charge in [-0.1, -0.05) is 12.1 Å². The van der Waals surface area contributed by atoms with Crippen LogP contribution in [0, 0.1) is 0 Å². The molecule has 0 radical (unpaired) electrons. The lowest BCUT2D eigenvalue weighted by atomic mass is 10.0. The highest BCUT2D eigenvalue weighted by Crippen LogP contribution is 2.37. The van der Waals surface area contributed by atoms with Crippen molar-refractivity contribution in [1.82, 2.24) is 0 Å². The SMILES string of the molecule is CC(O)c1c(O)cc(-c2cc(=O)c3ccccc3o2)cc1O. The normalized spacial score (nSPS) is 12.5. The minimum atomic E-state index is -1.02. The summed E-state index contributed by atoms with van der Waals surface area (Å²) in [4.78, 5) is 12.1. The molecule has 22 heavy (non-hydrogen) atoms. The van der Waals surface area contributed by atoms with Crippen molar-refractivity contribution in [3.05, 3.63) is 58.3 Å². The van der Waals surface area contributed by atoms with E-state index in [0.717, 1.165) is 0 Å². The fourth-order valence-corrected chi connectivity index (χ4v) is 2.44. The number of hydrogen-bond donors (Lipinski definition) is 3. The Hall–Kier alpha value is -2.79. The third kappa shape index (κ3) is 2.31. The summed E-state index contributed by atoms with van der Waals surface area (Å²) in [6, 6.07) is 10.8. The van der Waals surface area contributed by atoms with E-state index >= 15 is 0 Å². The van der Waals surface area contributed by atoms with Gasteiger partial charge in [-0.25, -0.2) is 0 Å². The maximum absolute atomic E-state index is 12.1. The molecule has 0 fully saturated rings. The molecule has 1 heterocycles. The van der Waals surface area contributed by atoms with Crippen LogP contribution >= 0.6 is 0 Å². The summed E-state index contributed by atoms with van der Waals surface area (Å²) in [6.07, 6.45) is -1.02. The van der Waals surface area contributed by atoms with Crippen LogP contribution < -0.4 is 5.43 Å². The maximum atomic E-state index is 12.1. The fourth-order valence-electron chi connectivity index (χ4n) is 2.44.